The van der Waals surface area contributed by atoms with E-state index >= 15 is 0 Å². The second-order valence-corrected chi connectivity index (χ2v) is 5.44. The van der Waals surface area contributed by atoms with Crippen molar-refractivity contribution in [2.24, 2.45) is 0 Å². The third kappa shape index (κ3) is 4.53. The zero-order valence-electron chi connectivity index (χ0n) is 14.9. The fourth-order valence-corrected chi connectivity index (χ4v) is 2.53. The summed E-state index contributed by atoms with van der Waals surface area (Å²) in [5.41, 5.74) is 0.623. The van der Waals surface area contributed by atoms with Crippen molar-refractivity contribution in [1.29, 1.82) is 0 Å². The van der Waals surface area contributed by atoms with Crippen molar-refractivity contribution in [2.45, 2.75) is 12.8 Å². The Kier molecular flexibility index (Phi) is 6.60. The molecule has 1 heterocycles. The number of imide groups is 1. The van der Waals surface area contributed by atoms with Gasteiger partial charge in [0.15, 0.2) is 18.1 Å². The van der Waals surface area contributed by atoms with Crippen LogP contribution in [0.15, 0.2) is 18.2 Å². The van der Waals surface area contributed by atoms with Crippen molar-refractivity contribution in [1.82, 2.24) is 4.90 Å². The van der Waals surface area contributed by atoms with E-state index in [1.807, 2.05) is 0 Å². The molecule has 0 spiro atoms. The van der Waals surface area contributed by atoms with Crippen LogP contribution in [0.1, 0.15) is 18.4 Å². The highest BCUT2D eigenvalue weighted by Gasteiger charge is 2.26. The number of carbonyl (C=O) groups excluding carboxylic acids is 3. The first-order chi connectivity index (χ1) is 12.5. The molecule has 0 atom stereocenters. The summed E-state index contributed by atoms with van der Waals surface area (Å²) in [6, 6.07) is 3.33. The van der Waals surface area contributed by atoms with Gasteiger partial charge in [0, 0.05) is 19.0 Å². The number of ether oxygens (including phenoxy) is 4. The predicted molar refractivity (Wildman–Crippen MR) is 92.0 cm³/mol. The van der Waals surface area contributed by atoms with Crippen LogP contribution in [0.2, 0.25) is 0 Å². The van der Waals surface area contributed by atoms with Crippen LogP contribution in [0.3, 0.4) is 0 Å². The van der Waals surface area contributed by atoms with Gasteiger partial charge in [0.05, 0.1) is 21.3 Å². The molecule has 140 valence electrons. The van der Waals surface area contributed by atoms with Crippen LogP contribution < -0.4 is 14.2 Å². The molecular formula is C18H21NO7. The molecule has 1 aliphatic rings. The maximum absolute atomic E-state index is 11.8. The number of methoxy groups -OCH3 is 3. The molecule has 0 bridgehead atoms. The largest absolute Gasteiger partial charge is 0.493 e. The molecule has 2 amide bonds. The third-order valence-electron chi connectivity index (χ3n) is 3.81. The second kappa shape index (κ2) is 8.89. The zero-order valence-corrected chi connectivity index (χ0v) is 14.9. The lowest BCUT2D eigenvalue weighted by Gasteiger charge is -2.13. The van der Waals surface area contributed by atoms with Crippen LogP contribution >= 0.6 is 0 Å². The molecule has 1 aliphatic heterocycles. The lowest BCUT2D eigenvalue weighted by molar-refractivity contribution is -0.151. The van der Waals surface area contributed by atoms with Crippen LogP contribution in [0.5, 0.6) is 17.2 Å². The Hall–Kier alpha value is -3.03. The Morgan fingerprint density at radius 3 is 2.27 bits per heavy atom. The Bertz CT molecular complexity index is 701. The molecule has 26 heavy (non-hydrogen) atoms. The average Bonchev–Trinajstić information content (AvgIpc) is 3.09. The average molecular weight is 363 g/mol. The number of amides is 2. The summed E-state index contributed by atoms with van der Waals surface area (Å²) in [4.78, 5) is 36.2. The summed E-state index contributed by atoms with van der Waals surface area (Å²) >= 11 is 0. The van der Waals surface area contributed by atoms with E-state index in [2.05, 4.69) is 0 Å². The quantitative estimate of drug-likeness (QED) is 0.534. The minimum atomic E-state index is -0.696. The fourth-order valence-electron chi connectivity index (χ4n) is 2.53. The minimum Gasteiger partial charge on any atom is -0.493 e. The fraction of sp³-hybridized carbons (Fsp3) is 0.389. The minimum absolute atomic E-state index is 0.237. The van der Waals surface area contributed by atoms with Crippen molar-refractivity contribution in [3.8, 4) is 17.2 Å². The first-order valence-corrected chi connectivity index (χ1v) is 7.98. The molecule has 0 radical (unpaired) electrons. The van der Waals surface area contributed by atoms with Gasteiger partial charge in [-0.25, -0.2) is 4.79 Å². The normalized spacial score (nSPS) is 13.8. The summed E-state index contributed by atoms with van der Waals surface area (Å²) in [5.74, 6) is -0.111. The highest BCUT2D eigenvalue weighted by atomic mass is 16.5. The van der Waals surface area contributed by atoms with Crippen molar-refractivity contribution in [2.75, 3.05) is 34.5 Å². The van der Waals surface area contributed by atoms with Crippen molar-refractivity contribution >= 4 is 23.9 Å². The number of carbonyl (C=O) groups is 3. The first kappa shape index (κ1) is 19.3. The van der Waals surface area contributed by atoms with E-state index < -0.39 is 18.5 Å². The monoisotopic (exact) mass is 363 g/mol. The standard InChI is InChI=1S/C18H21NO7/c1-23-13-9-12(10-14(24-2)18(13)25-3)6-7-17(22)26-11-16(21)19-8-4-5-15(19)20/h6-7,9-10H,4-5,8,11H2,1-3H3/b7-6+. The predicted octanol–water partition coefficient (Wildman–Crippen LogP) is 1.42. The van der Waals surface area contributed by atoms with Gasteiger partial charge < -0.3 is 18.9 Å². The number of rotatable bonds is 7. The molecule has 8 nitrogen and oxygen atoms in total. The highest BCUT2D eigenvalue weighted by molar-refractivity contribution is 5.98. The molecular weight excluding hydrogens is 342 g/mol. The molecule has 0 N–H and O–H groups in total. The van der Waals surface area contributed by atoms with Gasteiger partial charge in [0.2, 0.25) is 11.7 Å². The van der Waals surface area contributed by atoms with Gasteiger partial charge in [0.25, 0.3) is 5.91 Å². The van der Waals surface area contributed by atoms with E-state index in [1.165, 1.54) is 33.5 Å². The number of benzene rings is 1. The maximum atomic E-state index is 11.8. The van der Waals surface area contributed by atoms with Crippen LogP contribution in [-0.2, 0) is 19.1 Å². The summed E-state index contributed by atoms with van der Waals surface area (Å²) < 4.78 is 20.6. The van der Waals surface area contributed by atoms with Crippen LogP contribution in [0, 0.1) is 0 Å². The van der Waals surface area contributed by atoms with Gasteiger partial charge in [-0.05, 0) is 30.2 Å². The molecule has 1 saturated heterocycles. The van der Waals surface area contributed by atoms with Crippen molar-refractivity contribution in [3.63, 3.8) is 0 Å². The van der Waals surface area contributed by atoms with Gasteiger partial charge in [-0.2, -0.15) is 0 Å². The Morgan fingerprint density at radius 2 is 1.77 bits per heavy atom. The van der Waals surface area contributed by atoms with Crippen molar-refractivity contribution in [3.05, 3.63) is 23.8 Å². The Morgan fingerprint density at radius 1 is 1.12 bits per heavy atom. The Balaban J connectivity index is 1.99. The number of esters is 1. The maximum Gasteiger partial charge on any atom is 0.331 e. The van der Waals surface area contributed by atoms with E-state index in [1.54, 1.807) is 12.1 Å². The highest BCUT2D eigenvalue weighted by Crippen LogP contribution is 2.38. The van der Waals surface area contributed by atoms with Crippen LogP contribution in [0.25, 0.3) is 6.08 Å². The Labute approximate surface area is 151 Å². The zero-order chi connectivity index (χ0) is 19.1. The number of likely N-dealkylation sites (tertiary alicyclic amines) is 1. The lowest BCUT2D eigenvalue weighted by atomic mass is 10.1. The van der Waals surface area contributed by atoms with E-state index in [9.17, 15) is 14.4 Å². The van der Waals surface area contributed by atoms with Gasteiger partial charge >= 0.3 is 5.97 Å². The first-order valence-electron chi connectivity index (χ1n) is 7.98. The molecule has 8 heteroatoms. The van der Waals surface area contributed by atoms with Crippen LogP contribution in [0.4, 0.5) is 0 Å². The van der Waals surface area contributed by atoms with E-state index in [0.29, 0.717) is 42.2 Å². The molecule has 2 rings (SSSR count). The molecule has 1 aromatic carbocycles. The van der Waals surface area contributed by atoms with E-state index in [4.69, 9.17) is 18.9 Å². The molecule has 0 unspecified atom stereocenters. The van der Waals surface area contributed by atoms with Gasteiger partial charge in [0.1, 0.15) is 0 Å². The number of nitrogens with zero attached hydrogens (tertiary/aromatic N) is 1. The summed E-state index contributed by atoms with van der Waals surface area (Å²) in [5, 5.41) is 0. The molecule has 1 aromatic rings. The summed E-state index contributed by atoms with van der Waals surface area (Å²) in [7, 11) is 4.48. The molecule has 0 saturated carbocycles. The van der Waals surface area contributed by atoms with Gasteiger partial charge in [-0.3, -0.25) is 14.5 Å². The number of hydrogen-bond acceptors (Lipinski definition) is 7. The topological polar surface area (TPSA) is 91.4 Å². The smallest absolute Gasteiger partial charge is 0.331 e. The summed E-state index contributed by atoms with van der Waals surface area (Å²) in [6.45, 7) is -0.0966. The second-order valence-electron chi connectivity index (χ2n) is 5.44. The van der Waals surface area contributed by atoms with Crippen molar-refractivity contribution < 1.29 is 33.3 Å². The SMILES string of the molecule is COc1cc(/C=C/C(=O)OCC(=O)N2CCCC2=O)cc(OC)c1OC. The summed E-state index contributed by atoms with van der Waals surface area (Å²) in [6.07, 6.45) is 3.67. The number of hydrogen-bond donors (Lipinski definition) is 0. The molecule has 0 aromatic heterocycles. The lowest BCUT2D eigenvalue weighted by Crippen LogP contribution is -2.35. The third-order valence-corrected chi connectivity index (χ3v) is 3.81. The van der Waals surface area contributed by atoms with Gasteiger partial charge in [-0.15, -0.1) is 0 Å². The molecule has 1 fully saturated rings. The van der Waals surface area contributed by atoms with Gasteiger partial charge in [-0.1, -0.05) is 0 Å². The molecule has 0 aliphatic carbocycles. The van der Waals surface area contributed by atoms with E-state index in [-0.39, 0.29) is 5.91 Å². The van der Waals surface area contributed by atoms with Crippen LogP contribution in [-0.4, -0.2) is 57.2 Å². The van der Waals surface area contributed by atoms with E-state index in [0.717, 1.165) is 4.90 Å².